The fourth-order valence-corrected chi connectivity index (χ4v) is 6.32. The molecule has 0 bridgehead atoms. The van der Waals surface area contributed by atoms with Crippen LogP contribution >= 0.6 is 11.6 Å². The van der Waals surface area contributed by atoms with Crippen LogP contribution in [0.3, 0.4) is 0 Å². The number of fused-ring (bicyclic) bond motifs is 3. The second-order valence-electron chi connectivity index (χ2n) is 10.8. The van der Waals surface area contributed by atoms with Crippen molar-refractivity contribution < 1.29 is 28.5 Å². The summed E-state index contributed by atoms with van der Waals surface area (Å²) in [4.78, 5) is 27.2. The minimum atomic E-state index is -0.621. The number of aromatic nitrogens is 1. The summed E-state index contributed by atoms with van der Waals surface area (Å²) >= 11 is 6.51. The molecule has 1 amide bonds. The topological polar surface area (TPSA) is 103 Å². The number of para-hydroxylation sites is 1. The van der Waals surface area contributed by atoms with Crippen molar-refractivity contribution in [1.82, 2.24) is 9.47 Å². The van der Waals surface area contributed by atoms with E-state index in [1.807, 2.05) is 45.9 Å². The smallest absolute Gasteiger partial charge is 0.306 e. The molecule has 3 heterocycles. The molecule has 2 aliphatic heterocycles. The molecule has 0 radical (unpaired) electrons. The molecule has 5 rings (SSSR count). The zero-order chi connectivity index (χ0) is 30.5. The molecule has 43 heavy (non-hydrogen) atoms. The zero-order valence-electron chi connectivity index (χ0n) is 24.7. The summed E-state index contributed by atoms with van der Waals surface area (Å²) in [6.45, 7) is 3.40. The van der Waals surface area contributed by atoms with Crippen LogP contribution < -0.4 is 9.47 Å². The lowest BCUT2D eigenvalue weighted by atomic mass is 9.93. The molecule has 226 valence electrons. The molecule has 1 aromatic heterocycles. The van der Waals surface area contributed by atoms with Gasteiger partial charge in [-0.3, -0.25) is 9.59 Å². The van der Waals surface area contributed by atoms with E-state index in [1.54, 1.807) is 33.3 Å². The first-order chi connectivity index (χ1) is 20.9. The molecule has 9 nitrogen and oxygen atoms in total. The summed E-state index contributed by atoms with van der Waals surface area (Å²) in [5, 5.41) is 10.5. The van der Waals surface area contributed by atoms with Gasteiger partial charge in [0.15, 0.2) is 11.5 Å². The van der Waals surface area contributed by atoms with Crippen molar-refractivity contribution in [1.29, 1.82) is 5.26 Å². The lowest BCUT2D eigenvalue weighted by Crippen LogP contribution is -2.39. The van der Waals surface area contributed by atoms with Crippen LogP contribution in [0.4, 0.5) is 0 Å². The van der Waals surface area contributed by atoms with E-state index in [-0.39, 0.29) is 24.2 Å². The van der Waals surface area contributed by atoms with E-state index in [2.05, 4.69) is 6.07 Å². The van der Waals surface area contributed by atoms with Crippen molar-refractivity contribution in [3.05, 3.63) is 76.1 Å². The van der Waals surface area contributed by atoms with Crippen LogP contribution in [0, 0.1) is 17.2 Å². The van der Waals surface area contributed by atoms with Crippen LogP contribution in [-0.4, -0.2) is 55.3 Å². The Hall–Kier alpha value is -4.00. The molecule has 1 fully saturated rings. The Labute approximate surface area is 256 Å². The largest absolute Gasteiger partial charge is 0.493 e. The van der Waals surface area contributed by atoms with Gasteiger partial charge in [0, 0.05) is 42.1 Å². The molecule has 0 aliphatic carbocycles. The maximum atomic E-state index is 13.4. The van der Waals surface area contributed by atoms with Crippen molar-refractivity contribution in [2.24, 2.45) is 5.92 Å². The maximum absolute atomic E-state index is 13.4. The van der Waals surface area contributed by atoms with Crippen LogP contribution in [0.1, 0.15) is 73.8 Å². The molecular weight excluding hydrogens is 570 g/mol. The van der Waals surface area contributed by atoms with Crippen LogP contribution in [0.15, 0.2) is 48.5 Å². The summed E-state index contributed by atoms with van der Waals surface area (Å²) in [5.41, 5.74) is 3.53. The number of likely N-dealkylation sites (tertiary alicyclic amines) is 1. The quantitative estimate of drug-likeness (QED) is 0.269. The van der Waals surface area contributed by atoms with Gasteiger partial charge in [-0.2, -0.15) is 5.26 Å². The van der Waals surface area contributed by atoms with Gasteiger partial charge in [0.1, 0.15) is 17.9 Å². The number of carbonyl (C=O) groups excluding carboxylic acids is 2. The Kier molecular flexibility index (Phi) is 9.59. The van der Waals surface area contributed by atoms with Gasteiger partial charge >= 0.3 is 5.97 Å². The van der Waals surface area contributed by atoms with E-state index in [1.165, 1.54) is 0 Å². The highest BCUT2D eigenvalue weighted by Gasteiger charge is 2.35. The highest BCUT2D eigenvalue weighted by Crippen LogP contribution is 2.47. The highest BCUT2D eigenvalue weighted by atomic mass is 35.5. The lowest BCUT2D eigenvalue weighted by Gasteiger charge is -2.32. The predicted molar refractivity (Wildman–Crippen MR) is 160 cm³/mol. The monoisotopic (exact) mass is 605 g/mol. The van der Waals surface area contributed by atoms with Crippen LogP contribution in [0.5, 0.6) is 11.5 Å². The van der Waals surface area contributed by atoms with Gasteiger partial charge < -0.3 is 28.4 Å². The average molecular weight is 606 g/mol. The molecule has 2 atom stereocenters. The first kappa shape index (κ1) is 30.5. The summed E-state index contributed by atoms with van der Waals surface area (Å²) in [5.74, 6) is 1.18. The van der Waals surface area contributed by atoms with Crippen molar-refractivity contribution in [3.8, 4) is 23.3 Å². The molecule has 1 saturated heterocycles. The molecule has 2 unspecified atom stereocenters. The molecule has 0 saturated carbocycles. The van der Waals surface area contributed by atoms with Crippen LogP contribution in [-0.2, 0) is 19.1 Å². The Morgan fingerprint density at radius 2 is 1.86 bits per heavy atom. The van der Waals surface area contributed by atoms with Crippen LogP contribution in [0.25, 0.3) is 5.69 Å². The number of esters is 1. The third-order valence-electron chi connectivity index (χ3n) is 8.23. The summed E-state index contributed by atoms with van der Waals surface area (Å²) in [6, 6.07) is 17.1. The number of benzene rings is 2. The minimum absolute atomic E-state index is 0.0390. The Morgan fingerprint density at radius 3 is 2.56 bits per heavy atom. The Balaban J connectivity index is 1.43. The van der Waals surface area contributed by atoms with Crippen molar-refractivity contribution in [2.75, 3.05) is 33.9 Å². The molecule has 2 aromatic carbocycles. The standard InChI is InChI=1S/C33H36ClN3O6/c1-4-42-31(39)18-21-14-16-36(17-15-21)30(38)13-12-28-27-11-9-23(20-35)37(27)26-10-8-22(34)19-25(26)32(43-28)24-6-5-7-29(40-2)33(24)41-3/h5-11,19,21,28,32H,4,12-18H2,1-3H3. The molecule has 0 N–H and O–H groups in total. The SMILES string of the molecule is CCOC(=O)CC1CCN(C(=O)CCC2OC(c3cccc(OC)c3OC)c3cc(Cl)ccc3-n3c(C#N)ccc32)CC1. The predicted octanol–water partition coefficient (Wildman–Crippen LogP) is 6.15. The van der Waals surface area contributed by atoms with E-state index in [0.717, 1.165) is 35.3 Å². The first-order valence-electron chi connectivity index (χ1n) is 14.6. The number of piperidine rings is 1. The zero-order valence-corrected chi connectivity index (χ0v) is 25.4. The summed E-state index contributed by atoms with van der Waals surface area (Å²) in [7, 11) is 3.17. The first-order valence-corrected chi connectivity index (χ1v) is 15.0. The molecule has 10 heteroatoms. The average Bonchev–Trinajstić information content (AvgIpc) is 3.39. The fourth-order valence-electron chi connectivity index (χ4n) is 6.14. The van der Waals surface area contributed by atoms with Gasteiger partial charge in [-0.05, 0) is 68.5 Å². The van der Waals surface area contributed by atoms with E-state index in [9.17, 15) is 14.9 Å². The number of hydrogen-bond donors (Lipinski definition) is 0. The molecule has 0 spiro atoms. The number of rotatable bonds is 9. The number of methoxy groups -OCH3 is 2. The van der Waals surface area contributed by atoms with Gasteiger partial charge in [0.05, 0.1) is 38.3 Å². The number of carbonyl (C=O) groups is 2. The van der Waals surface area contributed by atoms with E-state index in [4.69, 9.17) is 30.5 Å². The van der Waals surface area contributed by atoms with E-state index >= 15 is 0 Å². The number of amides is 1. The van der Waals surface area contributed by atoms with Gasteiger partial charge in [0.25, 0.3) is 0 Å². The lowest BCUT2D eigenvalue weighted by molar-refractivity contribution is -0.144. The third kappa shape index (κ3) is 6.36. The molecular formula is C33H36ClN3O6. The maximum Gasteiger partial charge on any atom is 0.306 e. The van der Waals surface area contributed by atoms with Gasteiger partial charge in [0.2, 0.25) is 5.91 Å². The van der Waals surface area contributed by atoms with Crippen molar-refractivity contribution >= 4 is 23.5 Å². The number of ether oxygens (including phenoxy) is 4. The molecule has 3 aromatic rings. The molecule has 2 aliphatic rings. The van der Waals surface area contributed by atoms with Crippen molar-refractivity contribution in [2.45, 2.75) is 51.2 Å². The number of hydrogen-bond acceptors (Lipinski definition) is 7. The normalized spacial score (nSPS) is 18.2. The summed E-state index contributed by atoms with van der Waals surface area (Å²) < 4.78 is 25.2. The fraction of sp³-hybridized carbons (Fsp3) is 0.424. The number of nitrogens with zero attached hydrogens (tertiary/aromatic N) is 3. The van der Waals surface area contributed by atoms with E-state index in [0.29, 0.717) is 54.8 Å². The van der Waals surface area contributed by atoms with Crippen molar-refractivity contribution in [3.63, 3.8) is 0 Å². The van der Waals surface area contributed by atoms with Gasteiger partial charge in [-0.1, -0.05) is 23.7 Å². The Bertz CT molecular complexity index is 1520. The minimum Gasteiger partial charge on any atom is -0.493 e. The van der Waals surface area contributed by atoms with Gasteiger partial charge in [-0.25, -0.2) is 0 Å². The second-order valence-corrected chi connectivity index (χ2v) is 11.2. The van der Waals surface area contributed by atoms with E-state index < -0.39 is 12.2 Å². The van der Waals surface area contributed by atoms with Crippen LogP contribution in [0.2, 0.25) is 5.02 Å². The Morgan fingerprint density at radius 1 is 1.07 bits per heavy atom. The number of halogens is 1. The van der Waals surface area contributed by atoms with Gasteiger partial charge in [-0.15, -0.1) is 0 Å². The second kappa shape index (κ2) is 13.5. The number of nitriles is 1. The summed E-state index contributed by atoms with van der Waals surface area (Å²) in [6.07, 6.45) is 1.46. The highest BCUT2D eigenvalue weighted by molar-refractivity contribution is 6.30. The third-order valence-corrected chi connectivity index (χ3v) is 8.47.